The fraction of sp³-hybridized carbons (Fsp3) is 0.375. The molecule has 0 aromatic heterocycles. The third-order valence-electron chi connectivity index (χ3n) is 4.39. The van der Waals surface area contributed by atoms with Crippen molar-refractivity contribution >= 4 is 5.57 Å². The fourth-order valence-corrected chi connectivity index (χ4v) is 3.52. The zero-order valence-electron chi connectivity index (χ0n) is 10.2. The second-order valence-corrected chi connectivity index (χ2v) is 5.62. The van der Waals surface area contributed by atoms with Gasteiger partial charge in [-0.05, 0) is 23.5 Å². The van der Waals surface area contributed by atoms with E-state index in [0.29, 0.717) is 17.3 Å². The Morgan fingerprint density at radius 3 is 2.12 bits per heavy atom. The number of rotatable bonds is 1. The summed E-state index contributed by atoms with van der Waals surface area (Å²) in [4.78, 5) is 0. The summed E-state index contributed by atoms with van der Waals surface area (Å²) >= 11 is 0. The van der Waals surface area contributed by atoms with Crippen LogP contribution in [0.25, 0.3) is 5.57 Å². The third kappa shape index (κ3) is 1.10. The van der Waals surface area contributed by atoms with Gasteiger partial charge in [0.1, 0.15) is 0 Å². The first-order valence-electron chi connectivity index (χ1n) is 6.07. The van der Waals surface area contributed by atoms with Gasteiger partial charge in [-0.25, -0.2) is 0 Å². The number of fused-ring (bicyclic) bond motifs is 2. The predicted octanol–water partition coefficient (Wildman–Crippen LogP) is 4.30. The lowest BCUT2D eigenvalue weighted by Crippen LogP contribution is -2.20. The van der Waals surface area contributed by atoms with Crippen molar-refractivity contribution in [2.75, 3.05) is 0 Å². The van der Waals surface area contributed by atoms with Gasteiger partial charge in [0.2, 0.25) is 0 Å². The van der Waals surface area contributed by atoms with Crippen LogP contribution in [0.2, 0.25) is 0 Å². The molecule has 0 saturated carbocycles. The molecule has 0 heterocycles. The molecule has 2 aliphatic carbocycles. The maximum atomic E-state index is 2.40. The van der Waals surface area contributed by atoms with Crippen LogP contribution >= 0.6 is 0 Å². The lowest BCUT2D eigenvalue weighted by atomic mass is 9.77. The Labute approximate surface area is 97.7 Å². The SMILES string of the molecule is CC1=C(c2ccccc2)C2C=CC1C2(C)C. The molecule has 1 aromatic rings. The van der Waals surface area contributed by atoms with Crippen molar-refractivity contribution in [2.24, 2.45) is 17.3 Å². The van der Waals surface area contributed by atoms with Crippen LogP contribution in [0.3, 0.4) is 0 Å². The molecule has 2 bridgehead atoms. The first-order chi connectivity index (χ1) is 7.62. The van der Waals surface area contributed by atoms with Gasteiger partial charge in [-0.2, -0.15) is 0 Å². The van der Waals surface area contributed by atoms with E-state index in [1.165, 1.54) is 5.56 Å². The quantitative estimate of drug-likeness (QED) is 0.606. The van der Waals surface area contributed by atoms with Crippen molar-refractivity contribution in [2.45, 2.75) is 20.8 Å². The van der Waals surface area contributed by atoms with E-state index in [4.69, 9.17) is 0 Å². The summed E-state index contributed by atoms with van der Waals surface area (Å²) in [5.41, 5.74) is 4.93. The molecule has 0 heteroatoms. The lowest BCUT2D eigenvalue weighted by molar-refractivity contribution is 0.296. The summed E-state index contributed by atoms with van der Waals surface area (Å²) in [6.45, 7) is 7.09. The van der Waals surface area contributed by atoms with Gasteiger partial charge in [0.15, 0.2) is 0 Å². The Balaban J connectivity index is 2.12. The molecule has 0 aliphatic heterocycles. The molecule has 16 heavy (non-hydrogen) atoms. The zero-order chi connectivity index (χ0) is 11.3. The average Bonchev–Trinajstić information content (AvgIpc) is 2.66. The van der Waals surface area contributed by atoms with E-state index < -0.39 is 0 Å². The van der Waals surface area contributed by atoms with E-state index >= 15 is 0 Å². The standard InChI is InChI=1S/C16H18/c1-11-13-9-10-14(16(13,2)3)15(11)12-7-5-4-6-8-12/h4-10,13-14H,1-3H3. The van der Waals surface area contributed by atoms with Crippen molar-refractivity contribution in [1.82, 2.24) is 0 Å². The highest BCUT2D eigenvalue weighted by Crippen LogP contribution is 2.59. The number of benzene rings is 1. The molecular formula is C16H18. The topological polar surface area (TPSA) is 0 Å². The minimum Gasteiger partial charge on any atom is -0.0801 e. The van der Waals surface area contributed by atoms with Gasteiger partial charge < -0.3 is 0 Å². The summed E-state index contributed by atoms with van der Waals surface area (Å²) < 4.78 is 0. The highest BCUT2D eigenvalue weighted by Gasteiger charge is 2.48. The summed E-state index contributed by atoms with van der Waals surface area (Å²) in [6.07, 6.45) is 4.80. The smallest absolute Gasteiger partial charge is 0.00837 e. The Hall–Kier alpha value is -1.30. The van der Waals surface area contributed by atoms with Crippen LogP contribution < -0.4 is 0 Å². The average molecular weight is 210 g/mol. The van der Waals surface area contributed by atoms with Gasteiger partial charge in [0, 0.05) is 11.8 Å². The maximum absolute atomic E-state index is 2.40. The zero-order valence-corrected chi connectivity index (χ0v) is 10.2. The van der Waals surface area contributed by atoms with E-state index in [-0.39, 0.29) is 0 Å². The molecule has 3 rings (SSSR count). The summed E-state index contributed by atoms with van der Waals surface area (Å²) in [6, 6.07) is 10.8. The molecule has 2 unspecified atom stereocenters. The van der Waals surface area contributed by atoms with Crippen molar-refractivity contribution in [3.63, 3.8) is 0 Å². The van der Waals surface area contributed by atoms with Crippen LogP contribution in [0.5, 0.6) is 0 Å². The molecule has 0 amide bonds. The van der Waals surface area contributed by atoms with Gasteiger partial charge in [-0.1, -0.05) is 61.9 Å². The summed E-state index contributed by atoms with van der Waals surface area (Å²) in [5, 5.41) is 0. The Kier molecular flexibility index (Phi) is 1.92. The first-order valence-corrected chi connectivity index (χ1v) is 6.07. The van der Waals surface area contributed by atoms with Crippen molar-refractivity contribution < 1.29 is 0 Å². The van der Waals surface area contributed by atoms with Crippen LogP contribution in [-0.4, -0.2) is 0 Å². The maximum Gasteiger partial charge on any atom is 0.00837 e. The van der Waals surface area contributed by atoms with Crippen molar-refractivity contribution in [3.05, 3.63) is 53.6 Å². The fourth-order valence-electron chi connectivity index (χ4n) is 3.52. The minimum absolute atomic E-state index is 0.384. The van der Waals surface area contributed by atoms with Crippen molar-refractivity contribution in [3.8, 4) is 0 Å². The summed E-state index contributed by atoms with van der Waals surface area (Å²) in [5.74, 6) is 1.26. The second-order valence-electron chi connectivity index (χ2n) is 5.62. The number of hydrogen-bond donors (Lipinski definition) is 0. The highest BCUT2D eigenvalue weighted by molar-refractivity contribution is 5.77. The lowest BCUT2D eigenvalue weighted by Gasteiger charge is -2.26. The van der Waals surface area contributed by atoms with Crippen LogP contribution in [0.1, 0.15) is 26.3 Å². The van der Waals surface area contributed by atoms with E-state index in [1.807, 2.05) is 0 Å². The number of allylic oxidation sites excluding steroid dienone is 4. The van der Waals surface area contributed by atoms with Gasteiger partial charge in [0.25, 0.3) is 0 Å². The van der Waals surface area contributed by atoms with Gasteiger partial charge >= 0.3 is 0 Å². The van der Waals surface area contributed by atoms with Crippen LogP contribution in [0.4, 0.5) is 0 Å². The highest BCUT2D eigenvalue weighted by atomic mass is 14.5. The largest absolute Gasteiger partial charge is 0.0801 e. The van der Waals surface area contributed by atoms with E-state index in [2.05, 4.69) is 63.3 Å². The monoisotopic (exact) mass is 210 g/mol. The Morgan fingerprint density at radius 2 is 1.56 bits per heavy atom. The van der Waals surface area contributed by atoms with Crippen molar-refractivity contribution in [1.29, 1.82) is 0 Å². The molecule has 82 valence electrons. The van der Waals surface area contributed by atoms with E-state index in [0.717, 1.165) is 0 Å². The van der Waals surface area contributed by atoms with Gasteiger partial charge in [0.05, 0.1) is 0 Å². The summed E-state index contributed by atoms with van der Waals surface area (Å²) in [7, 11) is 0. The van der Waals surface area contributed by atoms with Crippen LogP contribution in [0.15, 0.2) is 48.1 Å². The predicted molar refractivity (Wildman–Crippen MR) is 68.9 cm³/mol. The molecule has 1 aromatic carbocycles. The van der Waals surface area contributed by atoms with Crippen LogP contribution in [-0.2, 0) is 0 Å². The Morgan fingerprint density at radius 1 is 0.938 bits per heavy atom. The molecular weight excluding hydrogens is 192 g/mol. The van der Waals surface area contributed by atoms with E-state index in [9.17, 15) is 0 Å². The third-order valence-corrected chi connectivity index (χ3v) is 4.39. The van der Waals surface area contributed by atoms with Gasteiger partial charge in [-0.3, -0.25) is 0 Å². The van der Waals surface area contributed by atoms with Gasteiger partial charge in [-0.15, -0.1) is 0 Å². The molecule has 0 N–H and O–H groups in total. The molecule has 2 aliphatic rings. The molecule has 0 nitrogen and oxygen atoms in total. The minimum atomic E-state index is 0.384. The van der Waals surface area contributed by atoms with E-state index in [1.54, 1.807) is 11.1 Å². The Bertz CT molecular complexity index is 474. The first kappa shape index (κ1) is 9.89. The normalized spacial score (nSPS) is 30.2. The second kappa shape index (κ2) is 3.10. The molecule has 2 atom stereocenters. The molecule has 0 radical (unpaired) electrons. The number of hydrogen-bond acceptors (Lipinski definition) is 0. The van der Waals surface area contributed by atoms with Crippen LogP contribution in [0, 0.1) is 17.3 Å². The molecule has 0 spiro atoms. The molecule has 0 fully saturated rings. The molecule has 0 saturated heterocycles.